The largest absolute Gasteiger partial charge is 0.490 e. The fourth-order valence-electron chi connectivity index (χ4n) is 1.68. The number of esters is 1. The Morgan fingerprint density at radius 1 is 1.35 bits per heavy atom. The smallest absolute Gasteiger partial charge is 0.455 e. The Hall–Kier alpha value is -2.25. The number of carbonyl (C=O) groups is 2. The first kappa shape index (κ1) is 14.2. The Bertz CT molecular complexity index is 503. The van der Waals surface area contributed by atoms with Crippen molar-refractivity contribution in [1.29, 1.82) is 0 Å². The second kappa shape index (κ2) is 5.40. The lowest BCUT2D eigenvalue weighted by Crippen LogP contribution is -2.31. The molecular weight excluding hydrogens is 279 g/mol. The molecule has 0 spiro atoms. The van der Waals surface area contributed by atoms with Crippen LogP contribution >= 0.6 is 0 Å². The second-order valence-corrected chi connectivity index (χ2v) is 4.05. The molecule has 1 aromatic carbocycles. The Labute approximate surface area is 111 Å². The van der Waals surface area contributed by atoms with E-state index in [4.69, 9.17) is 4.74 Å². The molecule has 0 aliphatic carbocycles. The van der Waals surface area contributed by atoms with Gasteiger partial charge in [0.15, 0.2) is 6.10 Å². The van der Waals surface area contributed by atoms with Gasteiger partial charge in [0.1, 0.15) is 6.61 Å². The summed E-state index contributed by atoms with van der Waals surface area (Å²) in [4.78, 5) is 23.4. The van der Waals surface area contributed by atoms with Crippen LogP contribution in [0, 0.1) is 0 Å². The summed E-state index contributed by atoms with van der Waals surface area (Å²) in [6.07, 6.45) is -6.67. The van der Waals surface area contributed by atoms with Gasteiger partial charge in [0.25, 0.3) is 0 Å². The van der Waals surface area contributed by atoms with E-state index in [1.165, 1.54) is 4.90 Å². The zero-order valence-electron chi connectivity index (χ0n) is 10.1. The van der Waals surface area contributed by atoms with Crippen molar-refractivity contribution < 1.29 is 32.2 Å². The third-order valence-corrected chi connectivity index (χ3v) is 2.57. The van der Waals surface area contributed by atoms with E-state index in [1.807, 2.05) is 0 Å². The lowest BCUT2D eigenvalue weighted by Gasteiger charge is -2.12. The Balaban J connectivity index is 1.92. The van der Waals surface area contributed by atoms with Gasteiger partial charge in [0, 0.05) is 5.69 Å². The number of nitrogens with zero attached hydrogens (tertiary/aromatic N) is 1. The number of alkyl halides is 3. The van der Waals surface area contributed by atoms with Crippen molar-refractivity contribution in [2.24, 2.45) is 0 Å². The fraction of sp³-hybridized carbons (Fsp3) is 0.333. The van der Waals surface area contributed by atoms with Crippen molar-refractivity contribution >= 4 is 17.7 Å². The highest BCUT2D eigenvalue weighted by Crippen LogP contribution is 2.22. The van der Waals surface area contributed by atoms with E-state index in [2.05, 4.69) is 4.74 Å². The number of carbonyl (C=O) groups excluding carboxylic acids is 2. The minimum atomic E-state index is -5.05. The van der Waals surface area contributed by atoms with Gasteiger partial charge in [-0.2, -0.15) is 13.2 Å². The average molecular weight is 289 g/mol. The molecular formula is C12H10F3NO4. The van der Waals surface area contributed by atoms with E-state index in [0.717, 1.165) is 0 Å². The summed E-state index contributed by atoms with van der Waals surface area (Å²) in [5, 5.41) is 0. The van der Waals surface area contributed by atoms with Crippen LogP contribution in [0.1, 0.15) is 0 Å². The SMILES string of the molecule is O=C1OC(COC(=O)C(F)(F)F)CN1c1ccccc1. The number of halogens is 3. The van der Waals surface area contributed by atoms with Crippen molar-refractivity contribution in [3.8, 4) is 0 Å². The van der Waals surface area contributed by atoms with Gasteiger partial charge >= 0.3 is 18.2 Å². The predicted octanol–water partition coefficient (Wildman–Crippen LogP) is 2.12. The molecule has 1 heterocycles. The van der Waals surface area contributed by atoms with E-state index in [1.54, 1.807) is 30.3 Å². The first-order chi connectivity index (χ1) is 9.38. The van der Waals surface area contributed by atoms with Crippen LogP contribution < -0.4 is 4.90 Å². The molecule has 0 saturated carbocycles. The van der Waals surface area contributed by atoms with Crippen LogP contribution in [0.5, 0.6) is 0 Å². The van der Waals surface area contributed by atoms with Gasteiger partial charge in [-0.15, -0.1) is 0 Å². The van der Waals surface area contributed by atoms with Crippen LogP contribution in [-0.2, 0) is 14.3 Å². The van der Waals surface area contributed by atoms with Crippen LogP contribution in [0.25, 0.3) is 0 Å². The lowest BCUT2D eigenvalue weighted by atomic mass is 10.3. The van der Waals surface area contributed by atoms with E-state index < -0.39 is 30.9 Å². The molecule has 1 amide bonds. The molecule has 0 aromatic heterocycles. The number of hydrogen-bond donors (Lipinski definition) is 0. The van der Waals surface area contributed by atoms with Gasteiger partial charge in [0.05, 0.1) is 6.54 Å². The molecule has 5 nitrogen and oxygen atoms in total. The molecule has 0 N–H and O–H groups in total. The first-order valence-electron chi connectivity index (χ1n) is 5.65. The summed E-state index contributed by atoms with van der Waals surface area (Å²) in [5.41, 5.74) is 0.558. The Kier molecular flexibility index (Phi) is 3.82. The summed E-state index contributed by atoms with van der Waals surface area (Å²) in [6, 6.07) is 8.49. The minimum Gasteiger partial charge on any atom is -0.455 e. The highest BCUT2D eigenvalue weighted by Gasteiger charge is 2.42. The van der Waals surface area contributed by atoms with Crippen molar-refractivity contribution in [3.63, 3.8) is 0 Å². The summed E-state index contributed by atoms with van der Waals surface area (Å²) < 4.78 is 44.7. The molecule has 108 valence electrons. The fourth-order valence-corrected chi connectivity index (χ4v) is 1.68. The topological polar surface area (TPSA) is 55.8 Å². The van der Waals surface area contributed by atoms with Crippen LogP contribution in [0.15, 0.2) is 30.3 Å². The molecule has 1 fully saturated rings. The van der Waals surface area contributed by atoms with Gasteiger partial charge in [-0.3, -0.25) is 4.90 Å². The van der Waals surface area contributed by atoms with Crippen molar-refractivity contribution in [2.75, 3.05) is 18.1 Å². The van der Waals surface area contributed by atoms with Crippen molar-refractivity contribution in [2.45, 2.75) is 12.3 Å². The maximum Gasteiger partial charge on any atom is 0.490 e. The monoisotopic (exact) mass is 289 g/mol. The Morgan fingerprint density at radius 2 is 2.00 bits per heavy atom. The average Bonchev–Trinajstić information content (AvgIpc) is 2.77. The van der Waals surface area contributed by atoms with Gasteiger partial charge in [-0.25, -0.2) is 9.59 Å². The maximum absolute atomic E-state index is 11.9. The number of para-hydroxylation sites is 1. The summed E-state index contributed by atoms with van der Waals surface area (Å²) in [5.74, 6) is -2.30. The molecule has 1 atom stereocenters. The van der Waals surface area contributed by atoms with Gasteiger partial charge < -0.3 is 9.47 Å². The second-order valence-electron chi connectivity index (χ2n) is 4.05. The van der Waals surface area contributed by atoms with E-state index in [-0.39, 0.29) is 6.54 Å². The van der Waals surface area contributed by atoms with Gasteiger partial charge in [-0.05, 0) is 12.1 Å². The molecule has 1 saturated heterocycles. The van der Waals surface area contributed by atoms with Crippen molar-refractivity contribution in [3.05, 3.63) is 30.3 Å². The number of cyclic esters (lactones) is 1. The number of anilines is 1. The third-order valence-electron chi connectivity index (χ3n) is 2.57. The van der Waals surface area contributed by atoms with E-state index in [0.29, 0.717) is 5.69 Å². The summed E-state index contributed by atoms with van der Waals surface area (Å²) >= 11 is 0. The van der Waals surface area contributed by atoms with Gasteiger partial charge in [-0.1, -0.05) is 18.2 Å². The highest BCUT2D eigenvalue weighted by molar-refractivity contribution is 5.89. The van der Waals surface area contributed by atoms with Crippen molar-refractivity contribution in [1.82, 2.24) is 0 Å². The maximum atomic E-state index is 11.9. The highest BCUT2D eigenvalue weighted by atomic mass is 19.4. The van der Waals surface area contributed by atoms with Gasteiger partial charge in [0.2, 0.25) is 0 Å². The Morgan fingerprint density at radius 3 is 2.60 bits per heavy atom. The molecule has 2 rings (SSSR count). The number of benzene rings is 1. The predicted molar refractivity (Wildman–Crippen MR) is 61.1 cm³/mol. The van der Waals surface area contributed by atoms with E-state index >= 15 is 0 Å². The molecule has 0 radical (unpaired) electrons. The molecule has 20 heavy (non-hydrogen) atoms. The number of rotatable bonds is 3. The normalized spacial score (nSPS) is 18.9. The van der Waals surface area contributed by atoms with Crippen LogP contribution in [0.3, 0.4) is 0 Å². The summed E-state index contributed by atoms with van der Waals surface area (Å²) in [6.45, 7) is -0.610. The standard InChI is InChI=1S/C12H10F3NO4/c13-12(14,15)10(17)19-7-9-6-16(11(18)20-9)8-4-2-1-3-5-8/h1-5,9H,6-7H2. The molecule has 1 unspecified atom stereocenters. The van der Waals surface area contributed by atoms with Crippen LogP contribution in [0.4, 0.5) is 23.7 Å². The molecule has 1 aliphatic rings. The molecule has 1 aliphatic heterocycles. The first-order valence-corrected chi connectivity index (χ1v) is 5.65. The summed E-state index contributed by atoms with van der Waals surface area (Å²) in [7, 11) is 0. The van der Waals surface area contributed by atoms with Crippen LogP contribution in [0.2, 0.25) is 0 Å². The lowest BCUT2D eigenvalue weighted by molar-refractivity contribution is -0.201. The quantitative estimate of drug-likeness (QED) is 0.800. The zero-order valence-corrected chi connectivity index (χ0v) is 10.1. The van der Waals surface area contributed by atoms with E-state index in [9.17, 15) is 22.8 Å². The third kappa shape index (κ3) is 3.19. The minimum absolute atomic E-state index is 0.0218. The molecule has 8 heteroatoms. The number of amides is 1. The zero-order chi connectivity index (χ0) is 14.8. The number of hydrogen-bond acceptors (Lipinski definition) is 4. The van der Waals surface area contributed by atoms with Crippen LogP contribution in [-0.4, -0.2) is 37.5 Å². The number of ether oxygens (including phenoxy) is 2. The molecule has 1 aromatic rings. The molecule has 0 bridgehead atoms.